The van der Waals surface area contributed by atoms with Crippen molar-refractivity contribution in [3.8, 4) is 5.69 Å². The van der Waals surface area contributed by atoms with Gasteiger partial charge < -0.3 is 4.57 Å². The summed E-state index contributed by atoms with van der Waals surface area (Å²) in [4.78, 5) is 0. The smallest absolute Gasteiger partial charge is 0.172 e. The number of benzene rings is 1. The van der Waals surface area contributed by atoms with Crippen molar-refractivity contribution < 1.29 is 20.8 Å². The molecule has 4 aromatic rings. The minimum atomic E-state index is -0.826. The minimum absolute atomic E-state index is 0.826. The second kappa shape index (κ2) is 10.0. The van der Waals surface area contributed by atoms with Gasteiger partial charge in [0.15, 0.2) is 0 Å². The van der Waals surface area contributed by atoms with Crippen molar-refractivity contribution in [2.45, 2.75) is 13.8 Å². The molecular weight excluding hydrogens is 416 g/mol. The van der Waals surface area contributed by atoms with Crippen LogP contribution in [0.2, 0.25) is 0 Å². The fourth-order valence-corrected chi connectivity index (χ4v) is 2.55. The van der Waals surface area contributed by atoms with Crippen molar-refractivity contribution in [1.82, 2.24) is 4.57 Å². The van der Waals surface area contributed by atoms with Crippen LogP contribution in [0.1, 0.15) is 11.1 Å². The molecule has 4 rings (SSSR count). The van der Waals surface area contributed by atoms with Gasteiger partial charge in [-0.15, -0.1) is 34.5 Å². The molecule has 0 spiro atoms. The van der Waals surface area contributed by atoms with E-state index < -0.39 is 20.8 Å². The van der Waals surface area contributed by atoms with E-state index in [1.807, 2.05) is 30.3 Å². The molecule has 0 aliphatic carbocycles. The predicted octanol–water partition coefficient (Wildman–Crippen LogP) is 6.75. The van der Waals surface area contributed by atoms with Crippen LogP contribution in [0.15, 0.2) is 79.1 Å². The van der Waals surface area contributed by atoms with Crippen molar-refractivity contribution in [3.05, 3.63) is 90.3 Å². The van der Waals surface area contributed by atoms with Gasteiger partial charge in [-0.2, -0.15) is 18.2 Å². The first kappa shape index (κ1) is 19.3. The fraction of sp³-hybridized carbons (Fsp3) is 0.100. The molecule has 3 aromatic carbocycles. The number of hydrogen-bond donors (Lipinski definition) is 0. The first-order chi connectivity index (χ1) is 11.7. The summed E-state index contributed by atoms with van der Waals surface area (Å²) in [7, 11) is 9.87. The molecule has 0 saturated heterocycles. The topological polar surface area (TPSA) is 4.93 Å². The quantitative estimate of drug-likeness (QED) is 0.292. The summed E-state index contributed by atoms with van der Waals surface area (Å²) < 4.78 is 2.15. The van der Waals surface area contributed by atoms with Gasteiger partial charge in [0.1, 0.15) is 0 Å². The third kappa shape index (κ3) is 5.21. The molecule has 1 aromatic heterocycles. The van der Waals surface area contributed by atoms with Crippen LogP contribution in [-0.4, -0.2) is 4.57 Å². The molecule has 0 radical (unpaired) electrons. The molecule has 0 atom stereocenters. The number of halogens is 2. The second-order valence-electron chi connectivity index (χ2n) is 5.36. The third-order valence-corrected chi connectivity index (χ3v) is 3.77. The Morgan fingerprint density at radius 2 is 1.50 bits per heavy atom. The monoisotopic (exact) mass is 433 g/mol. The molecule has 122 valence electrons. The van der Waals surface area contributed by atoms with E-state index in [4.69, 9.17) is 17.0 Å². The van der Waals surface area contributed by atoms with Crippen LogP contribution in [0.4, 0.5) is 0 Å². The molecule has 0 unspecified atom stereocenters. The van der Waals surface area contributed by atoms with Crippen LogP contribution in [0, 0.1) is 13.8 Å². The first-order valence-electron chi connectivity index (χ1n) is 7.60. The molecule has 4 heteroatoms. The van der Waals surface area contributed by atoms with Crippen molar-refractivity contribution in [2.75, 3.05) is 0 Å². The normalized spacial score (nSPS) is 9.50. The molecular formula is C20H19Cl2NZr. The zero-order valence-electron chi connectivity index (χ0n) is 13.7. The Labute approximate surface area is 162 Å². The van der Waals surface area contributed by atoms with Crippen LogP contribution in [0.3, 0.4) is 0 Å². The summed E-state index contributed by atoms with van der Waals surface area (Å²) in [5.41, 5.74) is 3.94. The van der Waals surface area contributed by atoms with E-state index in [-0.39, 0.29) is 0 Å². The van der Waals surface area contributed by atoms with E-state index in [0.29, 0.717) is 0 Å². The Hall–Kier alpha value is -1.08. The van der Waals surface area contributed by atoms with Gasteiger partial charge >= 0.3 is 37.9 Å². The van der Waals surface area contributed by atoms with Gasteiger partial charge in [0.05, 0.1) is 0 Å². The number of hydrogen-bond acceptors (Lipinski definition) is 0. The van der Waals surface area contributed by atoms with Crippen molar-refractivity contribution in [2.24, 2.45) is 0 Å². The van der Waals surface area contributed by atoms with E-state index in [0.717, 1.165) is 0 Å². The maximum atomic E-state index is 4.93. The Kier molecular flexibility index (Phi) is 8.05. The zero-order chi connectivity index (χ0) is 17.4. The van der Waals surface area contributed by atoms with Gasteiger partial charge in [0.25, 0.3) is 0 Å². The maximum absolute atomic E-state index is 4.93. The molecule has 0 amide bonds. The number of fused-ring (bicyclic) bond motifs is 1. The first-order valence-corrected chi connectivity index (χ1v) is 13.9. The fourth-order valence-electron chi connectivity index (χ4n) is 2.55. The Morgan fingerprint density at radius 3 is 2.00 bits per heavy atom. The molecule has 0 N–H and O–H groups in total. The van der Waals surface area contributed by atoms with Crippen molar-refractivity contribution in [3.63, 3.8) is 0 Å². The molecule has 24 heavy (non-hydrogen) atoms. The molecule has 0 aliphatic heterocycles. The third-order valence-electron chi connectivity index (χ3n) is 3.77. The molecule has 1 nitrogen and oxygen atoms in total. The number of aromatic nitrogens is 1. The standard InChI is InChI=1S/C15H14N.C5H5.2ClH.Zr/c1-11-5-6-12(2)15-10-13(9-14(11)15)16-7-3-4-8-16;1-2-4-5-3-1;;;/h3-10H,1-2H3;1-5H;2*1H;/q2*-1;;;+4/p-2. The molecule has 1 heterocycles. The van der Waals surface area contributed by atoms with Crippen molar-refractivity contribution in [1.29, 1.82) is 0 Å². The largest absolute Gasteiger partial charge is 0.214 e. The van der Waals surface area contributed by atoms with Gasteiger partial charge in [-0.3, -0.25) is 0 Å². The summed E-state index contributed by atoms with van der Waals surface area (Å²) in [6.07, 6.45) is 4.16. The second-order valence-corrected chi connectivity index (χ2v) is 9.10. The average molecular weight is 436 g/mol. The van der Waals surface area contributed by atoms with E-state index in [1.54, 1.807) is 0 Å². The van der Waals surface area contributed by atoms with Crippen LogP contribution >= 0.6 is 17.0 Å². The number of aryl methyl sites for hydroxylation is 2. The molecule has 0 fully saturated rings. The van der Waals surface area contributed by atoms with E-state index in [2.05, 4.69) is 67.2 Å². The maximum Gasteiger partial charge on any atom is -0.172 e. The molecule has 0 bridgehead atoms. The van der Waals surface area contributed by atoms with Gasteiger partial charge in [-0.25, -0.2) is 12.1 Å². The van der Waals surface area contributed by atoms with Crippen LogP contribution in [-0.2, 0) is 20.8 Å². The van der Waals surface area contributed by atoms with Crippen LogP contribution in [0.5, 0.6) is 0 Å². The van der Waals surface area contributed by atoms with E-state index >= 15 is 0 Å². The predicted molar refractivity (Wildman–Crippen MR) is 102 cm³/mol. The van der Waals surface area contributed by atoms with Gasteiger partial charge in [-0.05, 0) is 24.7 Å². The average Bonchev–Trinajstić information content (AvgIpc) is 3.35. The molecule has 0 aliphatic rings. The zero-order valence-corrected chi connectivity index (χ0v) is 17.7. The Balaban J connectivity index is 0.000000217. The summed E-state index contributed by atoms with van der Waals surface area (Å²) >= 11 is -0.826. The van der Waals surface area contributed by atoms with Gasteiger partial charge in [-0.1, -0.05) is 18.6 Å². The summed E-state index contributed by atoms with van der Waals surface area (Å²) in [5.74, 6) is 0. The van der Waals surface area contributed by atoms with Gasteiger partial charge in [0, 0.05) is 12.4 Å². The van der Waals surface area contributed by atoms with Crippen LogP contribution in [0.25, 0.3) is 16.5 Å². The van der Waals surface area contributed by atoms with E-state index in [1.165, 1.54) is 27.6 Å². The van der Waals surface area contributed by atoms with Gasteiger partial charge in [0.2, 0.25) is 0 Å². The molecule has 0 saturated carbocycles. The Morgan fingerprint density at radius 1 is 0.917 bits per heavy atom. The summed E-state index contributed by atoms with van der Waals surface area (Å²) in [6, 6.07) is 23.0. The summed E-state index contributed by atoms with van der Waals surface area (Å²) in [6.45, 7) is 4.34. The summed E-state index contributed by atoms with van der Waals surface area (Å²) in [5, 5.41) is 2.73. The van der Waals surface area contributed by atoms with Crippen LogP contribution < -0.4 is 0 Å². The number of rotatable bonds is 1. The van der Waals surface area contributed by atoms with E-state index in [9.17, 15) is 0 Å². The minimum Gasteiger partial charge on any atom is -0.214 e. The number of nitrogens with zero attached hydrogens (tertiary/aromatic N) is 1. The SMILES string of the molecule is Cc1ccc(C)c2[cH-]c(-n3cccc3)cc12.[Cl][Zr+2][Cl].c1cc[cH-]c1. The van der Waals surface area contributed by atoms with Crippen molar-refractivity contribution >= 4 is 27.8 Å². The Bertz CT molecular complexity index is 774.